The van der Waals surface area contributed by atoms with Gasteiger partial charge in [-0.05, 0) is 49.3 Å². The van der Waals surface area contributed by atoms with E-state index in [1.165, 1.54) is 18.4 Å². The van der Waals surface area contributed by atoms with Crippen molar-refractivity contribution in [2.45, 2.75) is 70.0 Å². The highest BCUT2D eigenvalue weighted by Gasteiger charge is 2.48. The highest BCUT2D eigenvalue weighted by molar-refractivity contribution is 7.17. The molecule has 2 aromatic heterocycles. The molecule has 3 heterocycles. The Hall–Kier alpha value is -2.60. The van der Waals surface area contributed by atoms with Crippen molar-refractivity contribution in [3.8, 4) is 0 Å². The fourth-order valence-corrected chi connectivity index (χ4v) is 6.10. The molecule has 2 aliphatic rings. The summed E-state index contributed by atoms with van der Waals surface area (Å²) in [6, 6.07) is 14.4. The predicted molar refractivity (Wildman–Crippen MR) is 129 cm³/mol. The summed E-state index contributed by atoms with van der Waals surface area (Å²) in [4.78, 5) is 29.3. The van der Waals surface area contributed by atoms with E-state index in [1.54, 1.807) is 11.3 Å². The van der Waals surface area contributed by atoms with E-state index in [-0.39, 0.29) is 17.9 Å². The first-order valence-corrected chi connectivity index (χ1v) is 12.7. The van der Waals surface area contributed by atoms with Gasteiger partial charge in [-0.1, -0.05) is 56.0 Å². The molecule has 1 saturated carbocycles. The first-order chi connectivity index (χ1) is 15.6. The van der Waals surface area contributed by atoms with Crippen molar-refractivity contribution < 1.29 is 9.59 Å². The molecule has 3 aromatic rings. The molecule has 1 aliphatic heterocycles. The molecule has 1 aromatic carbocycles. The molecule has 0 radical (unpaired) electrons. The van der Waals surface area contributed by atoms with Gasteiger partial charge in [0.2, 0.25) is 5.91 Å². The van der Waals surface area contributed by atoms with Gasteiger partial charge in [0.1, 0.15) is 11.2 Å². The number of thiophene rings is 1. The molecule has 1 N–H and O–H groups in total. The van der Waals surface area contributed by atoms with Crippen LogP contribution in [-0.4, -0.2) is 39.4 Å². The lowest BCUT2D eigenvalue weighted by Crippen LogP contribution is -2.65. The molecule has 1 fully saturated rings. The molecule has 1 aliphatic carbocycles. The van der Waals surface area contributed by atoms with Gasteiger partial charge in [0.05, 0.1) is 16.8 Å². The van der Waals surface area contributed by atoms with Crippen molar-refractivity contribution >= 4 is 33.4 Å². The Morgan fingerprint density at radius 3 is 2.62 bits per heavy atom. The Labute approximate surface area is 193 Å². The topological polar surface area (TPSA) is 54.3 Å². The molecule has 0 spiro atoms. The molecule has 5 nitrogen and oxygen atoms in total. The lowest BCUT2D eigenvalue weighted by atomic mass is 9.93. The lowest BCUT2D eigenvalue weighted by molar-refractivity contribution is -0.133. The van der Waals surface area contributed by atoms with Crippen molar-refractivity contribution in [3.05, 3.63) is 59.1 Å². The van der Waals surface area contributed by atoms with Crippen LogP contribution >= 0.6 is 11.3 Å². The fraction of sp³-hybridized carbons (Fsp3) is 0.462. The number of fused-ring (bicyclic) bond motifs is 3. The molecule has 6 heteroatoms. The Balaban J connectivity index is 1.46. The zero-order valence-corrected chi connectivity index (χ0v) is 19.5. The third-order valence-corrected chi connectivity index (χ3v) is 8.05. The van der Waals surface area contributed by atoms with Crippen LogP contribution in [0.15, 0.2) is 47.8 Å². The summed E-state index contributed by atoms with van der Waals surface area (Å²) in [6.45, 7) is 2.96. The number of hydrogen-bond acceptors (Lipinski definition) is 3. The van der Waals surface area contributed by atoms with E-state index in [9.17, 15) is 9.59 Å². The van der Waals surface area contributed by atoms with Gasteiger partial charge in [-0.2, -0.15) is 0 Å². The van der Waals surface area contributed by atoms with Crippen LogP contribution in [0.1, 0.15) is 61.5 Å². The van der Waals surface area contributed by atoms with E-state index in [0.29, 0.717) is 18.8 Å². The maximum atomic E-state index is 13.8. The highest BCUT2D eigenvalue weighted by atomic mass is 32.1. The maximum absolute atomic E-state index is 13.8. The van der Waals surface area contributed by atoms with E-state index >= 15 is 0 Å². The van der Waals surface area contributed by atoms with Gasteiger partial charge >= 0.3 is 0 Å². The quantitative estimate of drug-likeness (QED) is 0.558. The fourth-order valence-electron chi connectivity index (χ4n) is 5.27. The van der Waals surface area contributed by atoms with Crippen LogP contribution in [0.3, 0.4) is 0 Å². The van der Waals surface area contributed by atoms with Gasteiger partial charge in [0, 0.05) is 12.6 Å². The van der Waals surface area contributed by atoms with Crippen molar-refractivity contribution in [2.75, 3.05) is 6.54 Å². The van der Waals surface area contributed by atoms with Gasteiger partial charge in [0.15, 0.2) is 0 Å². The maximum Gasteiger partial charge on any atom is 0.271 e. The van der Waals surface area contributed by atoms with Gasteiger partial charge in [-0.15, -0.1) is 11.3 Å². The molecule has 1 atom stereocenters. The summed E-state index contributed by atoms with van der Waals surface area (Å²) < 4.78 is 3.16. The Kier molecular flexibility index (Phi) is 5.80. The molecule has 32 heavy (non-hydrogen) atoms. The van der Waals surface area contributed by atoms with Gasteiger partial charge in [-0.3, -0.25) is 9.59 Å². The molecule has 5 rings (SSSR count). The number of hydrogen-bond donors (Lipinski definition) is 1. The van der Waals surface area contributed by atoms with E-state index in [1.807, 2.05) is 41.5 Å². The zero-order valence-electron chi connectivity index (χ0n) is 18.7. The smallest absolute Gasteiger partial charge is 0.271 e. The van der Waals surface area contributed by atoms with Crippen LogP contribution in [0.25, 0.3) is 10.2 Å². The largest absolute Gasteiger partial charge is 0.351 e. The summed E-state index contributed by atoms with van der Waals surface area (Å²) >= 11 is 1.64. The number of aromatic nitrogens is 1. The molecular weight excluding hydrogens is 418 g/mol. The molecule has 0 bridgehead atoms. The third-order valence-electron chi connectivity index (χ3n) is 7.20. The normalized spacial score (nSPS) is 22.0. The van der Waals surface area contributed by atoms with Crippen LogP contribution in [0, 0.1) is 0 Å². The van der Waals surface area contributed by atoms with Crippen molar-refractivity contribution in [3.63, 3.8) is 0 Å². The van der Waals surface area contributed by atoms with E-state index in [0.717, 1.165) is 42.3 Å². The summed E-state index contributed by atoms with van der Waals surface area (Å²) in [6.07, 6.45) is 7.61. The number of carbonyl (C=O) groups is 2. The van der Waals surface area contributed by atoms with Crippen LogP contribution in [0.4, 0.5) is 0 Å². The number of nitrogens with one attached hydrogen (secondary N) is 1. The standard InChI is InChI=1S/C26H31N3O2S/c1-26(25(31)27-20-11-7-2-3-8-12-20)18-28-21-14-16-32-23(21)17-22(28)24(30)29(26)15-13-19-9-5-4-6-10-19/h4-6,9-10,14,16-17,20H,2-3,7-8,11-13,15,18H2,1H3,(H,27,31)/t26-/m1/s1. The van der Waals surface area contributed by atoms with E-state index in [4.69, 9.17) is 0 Å². The number of nitrogens with zero attached hydrogens (tertiary/aromatic N) is 2. The number of rotatable bonds is 5. The van der Waals surface area contributed by atoms with Gasteiger partial charge in [-0.25, -0.2) is 0 Å². The first-order valence-electron chi connectivity index (χ1n) is 11.8. The average molecular weight is 450 g/mol. The second-order valence-electron chi connectivity index (χ2n) is 9.41. The minimum absolute atomic E-state index is 0.0199. The van der Waals surface area contributed by atoms with E-state index < -0.39 is 5.54 Å². The predicted octanol–water partition coefficient (Wildman–Crippen LogP) is 5.00. The van der Waals surface area contributed by atoms with E-state index in [2.05, 4.69) is 28.1 Å². The monoisotopic (exact) mass is 449 g/mol. The molecule has 2 amide bonds. The summed E-state index contributed by atoms with van der Waals surface area (Å²) in [5.74, 6) is -0.0670. The minimum Gasteiger partial charge on any atom is -0.351 e. The molecule has 0 saturated heterocycles. The average Bonchev–Trinajstić information content (AvgIpc) is 3.29. The van der Waals surface area contributed by atoms with Crippen molar-refractivity contribution in [2.24, 2.45) is 0 Å². The Morgan fingerprint density at radius 2 is 1.88 bits per heavy atom. The Bertz CT molecular complexity index is 1110. The highest BCUT2D eigenvalue weighted by Crippen LogP contribution is 2.34. The van der Waals surface area contributed by atoms with Crippen molar-refractivity contribution in [1.82, 2.24) is 14.8 Å². The number of benzene rings is 1. The minimum atomic E-state index is -0.918. The third kappa shape index (κ3) is 3.85. The van der Waals surface area contributed by atoms with Gasteiger partial charge in [0.25, 0.3) is 5.91 Å². The zero-order chi connectivity index (χ0) is 22.1. The second kappa shape index (κ2) is 8.74. The molecule has 168 valence electrons. The summed E-state index contributed by atoms with van der Waals surface area (Å²) in [5.41, 5.74) is 2.00. The molecule has 0 unspecified atom stereocenters. The lowest BCUT2D eigenvalue weighted by Gasteiger charge is -2.44. The number of carbonyl (C=O) groups excluding carboxylic acids is 2. The summed E-state index contributed by atoms with van der Waals surface area (Å²) in [5, 5.41) is 5.39. The van der Waals surface area contributed by atoms with Crippen LogP contribution in [0.2, 0.25) is 0 Å². The summed E-state index contributed by atoms with van der Waals surface area (Å²) in [7, 11) is 0. The molecular formula is C26H31N3O2S. The van der Waals surface area contributed by atoms with Crippen LogP contribution in [-0.2, 0) is 17.8 Å². The number of amides is 2. The van der Waals surface area contributed by atoms with Crippen molar-refractivity contribution in [1.29, 1.82) is 0 Å². The van der Waals surface area contributed by atoms with Crippen LogP contribution in [0.5, 0.6) is 0 Å². The van der Waals surface area contributed by atoms with Gasteiger partial charge < -0.3 is 14.8 Å². The van der Waals surface area contributed by atoms with Crippen LogP contribution < -0.4 is 5.32 Å². The second-order valence-corrected chi connectivity index (χ2v) is 10.4. The Morgan fingerprint density at radius 1 is 1.12 bits per heavy atom. The first kappa shape index (κ1) is 21.3. The SMILES string of the molecule is C[C@]1(C(=O)NC2CCCCCC2)Cn2c(cc3sccc32)C(=O)N1CCc1ccccc1.